The van der Waals surface area contributed by atoms with E-state index in [2.05, 4.69) is 21.2 Å². The minimum atomic E-state index is -0.581. The number of nitrogen functional groups attached to an aromatic ring is 1. The van der Waals surface area contributed by atoms with Crippen molar-refractivity contribution >= 4 is 33.5 Å². The van der Waals surface area contributed by atoms with Crippen molar-refractivity contribution in [1.29, 1.82) is 0 Å². The first-order chi connectivity index (χ1) is 9.23. The Labute approximate surface area is 127 Å². The zero-order valence-electron chi connectivity index (χ0n) is 11.8. The van der Waals surface area contributed by atoms with Crippen LogP contribution in [0.3, 0.4) is 0 Å². The molecule has 0 aliphatic carbocycles. The van der Waals surface area contributed by atoms with E-state index in [9.17, 15) is 9.59 Å². The third-order valence-corrected chi connectivity index (χ3v) is 3.31. The average Bonchev–Trinajstić information content (AvgIpc) is 2.34. The van der Waals surface area contributed by atoms with E-state index in [1.165, 1.54) is 6.07 Å². The first-order valence-electron chi connectivity index (χ1n) is 6.27. The summed E-state index contributed by atoms with van der Waals surface area (Å²) in [4.78, 5) is 23.5. The van der Waals surface area contributed by atoms with Crippen molar-refractivity contribution < 1.29 is 14.3 Å². The summed E-state index contributed by atoms with van der Waals surface area (Å²) in [6, 6.07) is 4.76. The van der Waals surface area contributed by atoms with Crippen molar-refractivity contribution in [2.45, 2.75) is 32.7 Å². The van der Waals surface area contributed by atoms with Gasteiger partial charge in [0.1, 0.15) is 0 Å². The van der Waals surface area contributed by atoms with Gasteiger partial charge in [-0.15, -0.1) is 0 Å². The summed E-state index contributed by atoms with van der Waals surface area (Å²) in [6.07, 6.45) is 0.787. The second-order valence-electron chi connectivity index (χ2n) is 5.13. The van der Waals surface area contributed by atoms with Crippen LogP contribution in [0.5, 0.6) is 0 Å². The highest BCUT2D eigenvalue weighted by atomic mass is 79.9. The maximum atomic E-state index is 11.8. The van der Waals surface area contributed by atoms with Gasteiger partial charge in [-0.1, -0.05) is 22.9 Å². The molecular weight excluding hydrogens is 324 g/mol. The van der Waals surface area contributed by atoms with Crippen molar-refractivity contribution in [1.82, 2.24) is 5.32 Å². The van der Waals surface area contributed by atoms with Crippen molar-refractivity contribution in [3.8, 4) is 0 Å². The van der Waals surface area contributed by atoms with Gasteiger partial charge in [0.2, 0.25) is 0 Å². The summed E-state index contributed by atoms with van der Waals surface area (Å²) in [5, 5.41) is 2.79. The zero-order chi connectivity index (χ0) is 15.3. The minimum absolute atomic E-state index is 0.305. The molecule has 1 aromatic rings. The summed E-state index contributed by atoms with van der Waals surface area (Å²) >= 11 is 3.24. The molecule has 0 saturated heterocycles. The number of benzene rings is 1. The van der Waals surface area contributed by atoms with E-state index >= 15 is 0 Å². The van der Waals surface area contributed by atoms with E-state index in [1.54, 1.807) is 12.1 Å². The third kappa shape index (κ3) is 5.21. The lowest BCUT2D eigenvalue weighted by Crippen LogP contribution is -2.44. The van der Waals surface area contributed by atoms with Crippen LogP contribution in [0.25, 0.3) is 0 Å². The minimum Gasteiger partial charge on any atom is -0.452 e. The van der Waals surface area contributed by atoms with E-state index in [-0.39, 0.29) is 18.1 Å². The molecule has 3 N–H and O–H groups in total. The van der Waals surface area contributed by atoms with E-state index in [0.717, 1.165) is 6.42 Å². The number of amides is 1. The quantitative estimate of drug-likeness (QED) is 0.636. The van der Waals surface area contributed by atoms with E-state index in [0.29, 0.717) is 15.7 Å². The molecule has 0 aliphatic heterocycles. The normalized spacial score (nSPS) is 11.0. The summed E-state index contributed by atoms with van der Waals surface area (Å²) in [6.45, 7) is 5.47. The number of rotatable bonds is 5. The van der Waals surface area contributed by atoms with Crippen LogP contribution in [-0.2, 0) is 9.53 Å². The SMILES string of the molecule is CCC(C)(C)NC(=O)COC(=O)c1cc(N)cc(Br)c1. The van der Waals surface area contributed by atoms with E-state index in [4.69, 9.17) is 10.5 Å². The molecule has 0 aromatic heterocycles. The molecule has 0 aliphatic rings. The smallest absolute Gasteiger partial charge is 0.338 e. The number of ether oxygens (including phenoxy) is 1. The fourth-order valence-electron chi connectivity index (χ4n) is 1.45. The molecule has 0 saturated carbocycles. The van der Waals surface area contributed by atoms with Gasteiger partial charge in [0.15, 0.2) is 6.61 Å². The summed E-state index contributed by atoms with van der Waals surface area (Å²) in [5.74, 6) is -0.907. The molecule has 0 heterocycles. The number of nitrogens with one attached hydrogen (secondary N) is 1. The summed E-state index contributed by atoms with van der Waals surface area (Å²) < 4.78 is 5.64. The maximum Gasteiger partial charge on any atom is 0.338 e. The number of hydrogen-bond acceptors (Lipinski definition) is 4. The van der Waals surface area contributed by atoms with Gasteiger partial charge in [-0.25, -0.2) is 4.79 Å². The predicted octanol–water partition coefficient (Wildman–Crippen LogP) is 2.49. The lowest BCUT2D eigenvalue weighted by Gasteiger charge is -2.24. The van der Waals surface area contributed by atoms with Crippen LogP contribution < -0.4 is 11.1 Å². The van der Waals surface area contributed by atoms with Crippen LogP contribution in [-0.4, -0.2) is 24.0 Å². The average molecular weight is 343 g/mol. The second kappa shape index (κ2) is 6.74. The van der Waals surface area contributed by atoms with E-state index in [1.807, 2.05) is 20.8 Å². The first-order valence-corrected chi connectivity index (χ1v) is 7.07. The highest BCUT2D eigenvalue weighted by Crippen LogP contribution is 2.18. The lowest BCUT2D eigenvalue weighted by molar-refractivity contribution is -0.125. The van der Waals surface area contributed by atoms with Gasteiger partial charge in [0, 0.05) is 15.7 Å². The van der Waals surface area contributed by atoms with Crippen molar-refractivity contribution in [2.75, 3.05) is 12.3 Å². The highest BCUT2D eigenvalue weighted by Gasteiger charge is 2.19. The molecule has 110 valence electrons. The molecule has 20 heavy (non-hydrogen) atoms. The molecule has 1 rings (SSSR count). The number of nitrogens with two attached hydrogens (primary N) is 1. The molecule has 0 atom stereocenters. The molecular formula is C14H19BrN2O3. The Morgan fingerprint density at radius 3 is 2.55 bits per heavy atom. The van der Waals surface area contributed by atoms with Crippen LogP contribution in [0, 0.1) is 0 Å². The Morgan fingerprint density at radius 1 is 1.35 bits per heavy atom. The molecule has 0 spiro atoms. The van der Waals surface area contributed by atoms with Gasteiger partial charge in [0.25, 0.3) is 5.91 Å². The van der Waals surface area contributed by atoms with Gasteiger partial charge >= 0.3 is 5.97 Å². The number of anilines is 1. The Balaban J connectivity index is 2.57. The molecule has 0 bridgehead atoms. The fraction of sp³-hybridized carbons (Fsp3) is 0.429. The van der Waals surface area contributed by atoms with Gasteiger partial charge in [0.05, 0.1) is 5.56 Å². The number of halogens is 1. The fourth-order valence-corrected chi connectivity index (χ4v) is 1.96. The molecule has 0 radical (unpaired) electrons. The van der Waals surface area contributed by atoms with Gasteiger partial charge in [-0.05, 0) is 38.5 Å². The van der Waals surface area contributed by atoms with Gasteiger partial charge in [-0.2, -0.15) is 0 Å². The molecule has 6 heteroatoms. The Bertz CT molecular complexity index is 495. The second-order valence-corrected chi connectivity index (χ2v) is 6.05. The first kappa shape index (κ1) is 16.5. The summed E-state index contributed by atoms with van der Waals surface area (Å²) in [7, 11) is 0. The number of carbonyl (C=O) groups excluding carboxylic acids is 2. The molecule has 0 unspecified atom stereocenters. The Morgan fingerprint density at radius 2 is 2.00 bits per heavy atom. The Kier molecular flexibility index (Phi) is 5.56. The molecule has 5 nitrogen and oxygen atoms in total. The summed E-state index contributed by atoms with van der Waals surface area (Å²) in [5.41, 5.74) is 6.07. The van der Waals surface area contributed by atoms with Gasteiger partial charge in [-0.3, -0.25) is 4.79 Å². The topological polar surface area (TPSA) is 81.4 Å². The monoisotopic (exact) mass is 342 g/mol. The van der Waals surface area contributed by atoms with Crippen LogP contribution in [0.15, 0.2) is 22.7 Å². The lowest BCUT2D eigenvalue weighted by atomic mass is 10.0. The van der Waals surface area contributed by atoms with Gasteiger partial charge < -0.3 is 15.8 Å². The van der Waals surface area contributed by atoms with Crippen LogP contribution in [0.4, 0.5) is 5.69 Å². The highest BCUT2D eigenvalue weighted by molar-refractivity contribution is 9.10. The largest absolute Gasteiger partial charge is 0.452 e. The number of esters is 1. The van der Waals surface area contributed by atoms with Crippen molar-refractivity contribution in [3.05, 3.63) is 28.2 Å². The Hall–Kier alpha value is -1.56. The van der Waals surface area contributed by atoms with Crippen LogP contribution >= 0.6 is 15.9 Å². The molecule has 0 fully saturated rings. The van der Waals surface area contributed by atoms with E-state index < -0.39 is 5.97 Å². The third-order valence-electron chi connectivity index (χ3n) is 2.85. The maximum absolute atomic E-state index is 11.8. The predicted molar refractivity (Wildman–Crippen MR) is 81.3 cm³/mol. The van der Waals surface area contributed by atoms with Crippen LogP contribution in [0.1, 0.15) is 37.6 Å². The van der Waals surface area contributed by atoms with Crippen molar-refractivity contribution in [3.63, 3.8) is 0 Å². The van der Waals surface area contributed by atoms with Crippen molar-refractivity contribution in [2.24, 2.45) is 0 Å². The molecule has 1 aromatic carbocycles. The number of carbonyl (C=O) groups is 2. The standard InChI is InChI=1S/C14H19BrN2O3/c1-4-14(2,3)17-12(18)8-20-13(19)9-5-10(15)7-11(16)6-9/h5-7H,4,8,16H2,1-3H3,(H,17,18). The van der Waals surface area contributed by atoms with Crippen LogP contribution in [0.2, 0.25) is 0 Å². The molecule has 1 amide bonds. The zero-order valence-corrected chi connectivity index (χ0v) is 13.4. The number of hydrogen-bond donors (Lipinski definition) is 2.